The lowest BCUT2D eigenvalue weighted by molar-refractivity contribution is 0.773. The average molecular weight is 267 g/mol. The number of rotatable bonds is 2. The maximum absolute atomic E-state index is 5.74. The van der Waals surface area contributed by atoms with Gasteiger partial charge in [-0.3, -0.25) is 0 Å². The molecule has 0 aliphatic carbocycles. The lowest BCUT2D eigenvalue weighted by atomic mass is 9.98. The van der Waals surface area contributed by atoms with E-state index in [0.29, 0.717) is 12.5 Å². The summed E-state index contributed by atoms with van der Waals surface area (Å²) in [6.45, 7) is 4.95. The Kier molecular flexibility index (Phi) is 2.85. The molecule has 1 atom stereocenters. The maximum atomic E-state index is 5.74. The number of aryl methyl sites for hydroxylation is 1. The third-order valence-electron chi connectivity index (χ3n) is 2.87. The van der Waals surface area contributed by atoms with E-state index in [1.807, 2.05) is 0 Å². The van der Waals surface area contributed by atoms with Crippen LogP contribution in [0.3, 0.4) is 0 Å². The summed E-state index contributed by atoms with van der Waals surface area (Å²) in [4.78, 5) is 3.41. The van der Waals surface area contributed by atoms with Gasteiger partial charge in [0.25, 0.3) is 0 Å². The first-order valence-electron chi connectivity index (χ1n) is 5.12. The molecule has 0 fully saturated rings. The number of aromatic nitrogens is 1. The summed E-state index contributed by atoms with van der Waals surface area (Å²) in [7, 11) is 0. The highest BCUT2D eigenvalue weighted by molar-refractivity contribution is 9.10. The summed E-state index contributed by atoms with van der Waals surface area (Å²) in [5.41, 5.74) is 9.47. The zero-order chi connectivity index (χ0) is 11.0. The molecule has 0 saturated carbocycles. The second-order valence-electron chi connectivity index (χ2n) is 3.96. The molecule has 0 aliphatic heterocycles. The van der Waals surface area contributed by atoms with Crippen LogP contribution < -0.4 is 5.73 Å². The van der Waals surface area contributed by atoms with Crippen molar-refractivity contribution in [2.45, 2.75) is 19.8 Å². The lowest BCUT2D eigenvalue weighted by Gasteiger charge is -2.08. The van der Waals surface area contributed by atoms with Crippen molar-refractivity contribution in [2.75, 3.05) is 6.54 Å². The molecule has 0 aliphatic rings. The molecular weight excluding hydrogens is 252 g/mol. The molecule has 3 N–H and O–H groups in total. The third-order valence-corrected chi connectivity index (χ3v) is 3.53. The van der Waals surface area contributed by atoms with Gasteiger partial charge in [0.05, 0.1) is 5.52 Å². The van der Waals surface area contributed by atoms with Crippen LogP contribution in [0.5, 0.6) is 0 Å². The molecule has 2 aromatic rings. The van der Waals surface area contributed by atoms with E-state index in [-0.39, 0.29) is 0 Å². The van der Waals surface area contributed by atoms with Crippen molar-refractivity contribution >= 4 is 26.8 Å². The second-order valence-corrected chi connectivity index (χ2v) is 4.82. The average Bonchev–Trinajstić information content (AvgIpc) is 2.55. The van der Waals surface area contributed by atoms with Crippen molar-refractivity contribution in [1.29, 1.82) is 0 Å². The van der Waals surface area contributed by atoms with Crippen molar-refractivity contribution in [3.05, 3.63) is 33.9 Å². The van der Waals surface area contributed by atoms with E-state index >= 15 is 0 Å². The number of fused-ring (bicyclic) bond motifs is 1. The molecule has 3 heteroatoms. The van der Waals surface area contributed by atoms with Crippen LogP contribution >= 0.6 is 15.9 Å². The Bertz CT molecular complexity index is 488. The fourth-order valence-electron chi connectivity index (χ4n) is 2.09. The summed E-state index contributed by atoms with van der Waals surface area (Å²) < 4.78 is 1.11. The monoisotopic (exact) mass is 266 g/mol. The van der Waals surface area contributed by atoms with E-state index in [9.17, 15) is 0 Å². The van der Waals surface area contributed by atoms with Crippen LogP contribution in [0.25, 0.3) is 10.9 Å². The molecule has 0 bridgehead atoms. The predicted molar refractivity (Wildman–Crippen MR) is 68.2 cm³/mol. The predicted octanol–water partition coefficient (Wildman–Crippen LogP) is 3.30. The van der Waals surface area contributed by atoms with Crippen LogP contribution in [-0.2, 0) is 0 Å². The largest absolute Gasteiger partial charge is 0.357 e. The van der Waals surface area contributed by atoms with Crippen molar-refractivity contribution < 1.29 is 0 Å². The van der Waals surface area contributed by atoms with Gasteiger partial charge >= 0.3 is 0 Å². The Labute approximate surface area is 98.0 Å². The molecule has 2 rings (SSSR count). The van der Waals surface area contributed by atoms with Crippen LogP contribution in [0.2, 0.25) is 0 Å². The second kappa shape index (κ2) is 3.99. The Balaban J connectivity index is 2.73. The highest BCUT2D eigenvalue weighted by Crippen LogP contribution is 2.32. The van der Waals surface area contributed by atoms with Crippen LogP contribution in [-0.4, -0.2) is 11.5 Å². The van der Waals surface area contributed by atoms with E-state index in [1.165, 1.54) is 22.2 Å². The van der Waals surface area contributed by atoms with E-state index in [1.54, 1.807) is 0 Å². The highest BCUT2D eigenvalue weighted by Gasteiger charge is 2.14. The van der Waals surface area contributed by atoms with Gasteiger partial charge in [0.2, 0.25) is 0 Å². The normalized spacial score (nSPS) is 13.3. The fourth-order valence-corrected chi connectivity index (χ4v) is 2.55. The maximum Gasteiger partial charge on any atom is 0.0603 e. The summed E-state index contributed by atoms with van der Waals surface area (Å²) in [5.74, 6) is 0.396. The van der Waals surface area contributed by atoms with Crippen molar-refractivity contribution in [2.24, 2.45) is 5.73 Å². The molecule has 0 spiro atoms. The molecule has 1 heterocycles. The van der Waals surface area contributed by atoms with Gasteiger partial charge in [0.1, 0.15) is 0 Å². The fraction of sp³-hybridized carbons (Fsp3) is 0.333. The minimum Gasteiger partial charge on any atom is -0.357 e. The number of para-hydroxylation sites is 1. The minimum absolute atomic E-state index is 0.396. The molecule has 0 saturated heterocycles. The van der Waals surface area contributed by atoms with E-state index < -0.39 is 0 Å². The number of benzene rings is 1. The van der Waals surface area contributed by atoms with Crippen molar-refractivity contribution in [3.8, 4) is 0 Å². The number of aromatic amines is 1. The lowest BCUT2D eigenvalue weighted by Crippen LogP contribution is -2.09. The zero-order valence-electron chi connectivity index (χ0n) is 8.97. The van der Waals surface area contributed by atoms with Crippen molar-refractivity contribution in [1.82, 2.24) is 4.98 Å². The van der Waals surface area contributed by atoms with E-state index in [4.69, 9.17) is 5.73 Å². The van der Waals surface area contributed by atoms with Gasteiger partial charge in [-0.2, -0.15) is 0 Å². The third kappa shape index (κ3) is 1.70. The first-order chi connectivity index (χ1) is 7.15. The molecular formula is C12H15BrN2. The number of H-pyrrole nitrogens is 1. The standard InChI is InChI=1S/C12H15BrN2/c1-7(6-14)11-8(2)15-12-9(11)4-3-5-10(12)13/h3-5,7,15H,6,14H2,1-2H3. The highest BCUT2D eigenvalue weighted by atomic mass is 79.9. The number of nitrogens with one attached hydrogen (secondary N) is 1. The van der Waals surface area contributed by atoms with E-state index in [2.05, 4.69) is 53.0 Å². The van der Waals surface area contributed by atoms with Crippen LogP contribution in [0.15, 0.2) is 22.7 Å². The topological polar surface area (TPSA) is 41.8 Å². The van der Waals surface area contributed by atoms with Gasteiger partial charge in [0.15, 0.2) is 0 Å². The van der Waals surface area contributed by atoms with E-state index in [0.717, 1.165) is 4.47 Å². The molecule has 80 valence electrons. The van der Waals surface area contributed by atoms with Gasteiger partial charge in [-0.1, -0.05) is 19.1 Å². The van der Waals surface area contributed by atoms with Crippen LogP contribution in [0, 0.1) is 6.92 Å². The van der Waals surface area contributed by atoms with Gasteiger partial charge in [-0.25, -0.2) is 0 Å². The molecule has 15 heavy (non-hydrogen) atoms. The quantitative estimate of drug-likeness (QED) is 0.861. The van der Waals surface area contributed by atoms with Crippen molar-refractivity contribution in [3.63, 3.8) is 0 Å². The summed E-state index contributed by atoms with van der Waals surface area (Å²) in [6.07, 6.45) is 0. The number of hydrogen-bond acceptors (Lipinski definition) is 1. The smallest absolute Gasteiger partial charge is 0.0603 e. The molecule has 1 aromatic carbocycles. The first-order valence-corrected chi connectivity index (χ1v) is 5.91. The van der Waals surface area contributed by atoms with Gasteiger partial charge < -0.3 is 10.7 Å². The molecule has 1 unspecified atom stereocenters. The van der Waals surface area contributed by atoms with Crippen LogP contribution in [0.4, 0.5) is 0 Å². The Hall–Kier alpha value is -0.800. The SMILES string of the molecule is Cc1[nH]c2c(Br)cccc2c1C(C)CN. The van der Waals surface area contributed by atoms with Gasteiger partial charge in [-0.05, 0) is 46.9 Å². The van der Waals surface area contributed by atoms with Gasteiger partial charge in [-0.15, -0.1) is 0 Å². The molecule has 0 amide bonds. The Morgan fingerprint density at radius 3 is 2.87 bits per heavy atom. The first kappa shape index (κ1) is 10.7. The number of hydrogen-bond donors (Lipinski definition) is 2. The molecule has 2 nitrogen and oxygen atoms in total. The molecule has 1 aromatic heterocycles. The molecule has 0 radical (unpaired) electrons. The van der Waals surface area contributed by atoms with Gasteiger partial charge in [0, 0.05) is 15.6 Å². The number of nitrogens with two attached hydrogens (primary N) is 1. The summed E-state index contributed by atoms with van der Waals surface area (Å²) in [6, 6.07) is 6.26. The van der Waals surface area contributed by atoms with Crippen LogP contribution in [0.1, 0.15) is 24.1 Å². The Morgan fingerprint density at radius 2 is 2.20 bits per heavy atom. The summed E-state index contributed by atoms with van der Waals surface area (Å²) >= 11 is 3.55. The zero-order valence-corrected chi connectivity index (χ0v) is 10.6. The number of halogens is 1. The Morgan fingerprint density at radius 1 is 1.47 bits per heavy atom. The summed E-state index contributed by atoms with van der Waals surface area (Å²) in [5, 5.41) is 1.28. The minimum atomic E-state index is 0.396.